The van der Waals surface area contributed by atoms with E-state index in [2.05, 4.69) is 68.4 Å². The third kappa shape index (κ3) is 3.16. The largest absolute Gasteiger partial charge is 0.462 e. The highest BCUT2D eigenvalue weighted by molar-refractivity contribution is 5.66. The highest BCUT2D eigenvalue weighted by atomic mass is 16.5. The summed E-state index contributed by atoms with van der Waals surface area (Å²) in [6.07, 6.45) is 15.7. The normalized spacial score (nSPS) is 52.2. The average Bonchev–Trinajstić information content (AvgIpc) is 2.74. The fraction of sp³-hybridized carbons (Fsp3) is 0.909. The van der Waals surface area contributed by atoms with E-state index in [1.807, 2.05) is 5.57 Å². The molecule has 198 valence electrons. The van der Waals surface area contributed by atoms with Crippen molar-refractivity contribution < 1.29 is 9.53 Å². The molecule has 5 aliphatic rings. The minimum atomic E-state index is -0.114. The standard InChI is InChI=1S/C33H54O2/c1-22(34)35-26-13-14-31(8)25(28(26,4)5)12-16-32(9)30(7)20-19-29(6)18-17-27(2,3)21-24(29)23(30)11-15-33(31,32)10/h11,24-26H,12-21H2,1-10H3/t24-,25-,26-,29+,30+,31-,32-,33+/m0/s1. The predicted molar refractivity (Wildman–Crippen MR) is 145 cm³/mol. The van der Waals surface area contributed by atoms with Crippen molar-refractivity contribution in [3.8, 4) is 0 Å². The summed E-state index contributed by atoms with van der Waals surface area (Å²) in [6.45, 7) is 24.8. The van der Waals surface area contributed by atoms with Crippen LogP contribution in [0.5, 0.6) is 0 Å². The Bertz CT molecular complexity index is 943. The van der Waals surface area contributed by atoms with Gasteiger partial charge >= 0.3 is 5.97 Å². The minimum Gasteiger partial charge on any atom is -0.462 e. The maximum absolute atomic E-state index is 11.9. The molecular formula is C33H54O2. The van der Waals surface area contributed by atoms with Crippen LogP contribution in [-0.4, -0.2) is 12.1 Å². The zero-order valence-electron chi connectivity index (χ0n) is 24.7. The summed E-state index contributed by atoms with van der Waals surface area (Å²) >= 11 is 0. The van der Waals surface area contributed by atoms with E-state index in [4.69, 9.17) is 4.74 Å². The first-order chi connectivity index (χ1) is 16.0. The molecule has 0 aromatic rings. The summed E-state index contributed by atoms with van der Waals surface area (Å²) in [5.41, 5.74) is 3.96. The van der Waals surface area contributed by atoms with Gasteiger partial charge < -0.3 is 4.74 Å². The van der Waals surface area contributed by atoms with Crippen LogP contribution in [0.3, 0.4) is 0 Å². The maximum atomic E-state index is 11.9. The van der Waals surface area contributed by atoms with Crippen LogP contribution in [0.2, 0.25) is 0 Å². The number of esters is 1. The Morgan fingerprint density at radius 2 is 1.49 bits per heavy atom. The Morgan fingerprint density at radius 3 is 2.14 bits per heavy atom. The van der Waals surface area contributed by atoms with Crippen molar-refractivity contribution in [2.75, 3.05) is 0 Å². The van der Waals surface area contributed by atoms with Gasteiger partial charge in [0.05, 0.1) is 0 Å². The third-order valence-corrected chi connectivity index (χ3v) is 14.3. The summed E-state index contributed by atoms with van der Waals surface area (Å²) in [5, 5.41) is 0. The lowest BCUT2D eigenvalue weighted by Gasteiger charge is -2.75. The van der Waals surface area contributed by atoms with E-state index in [9.17, 15) is 4.79 Å². The van der Waals surface area contributed by atoms with Gasteiger partial charge in [-0.05, 0) is 109 Å². The van der Waals surface area contributed by atoms with Gasteiger partial charge in [-0.25, -0.2) is 0 Å². The minimum absolute atomic E-state index is 0.0203. The predicted octanol–water partition coefficient (Wildman–Crippen LogP) is 9.13. The summed E-state index contributed by atoms with van der Waals surface area (Å²) in [7, 11) is 0. The fourth-order valence-electron chi connectivity index (χ4n) is 11.3. The Morgan fingerprint density at radius 1 is 0.829 bits per heavy atom. The monoisotopic (exact) mass is 482 g/mol. The van der Waals surface area contributed by atoms with E-state index < -0.39 is 0 Å². The molecule has 0 amide bonds. The molecule has 0 aliphatic heterocycles. The molecular weight excluding hydrogens is 428 g/mol. The lowest BCUT2D eigenvalue weighted by molar-refractivity contribution is -0.252. The number of hydrogen-bond acceptors (Lipinski definition) is 2. The second kappa shape index (κ2) is 7.41. The van der Waals surface area contributed by atoms with E-state index in [0.29, 0.717) is 27.6 Å². The van der Waals surface area contributed by atoms with Crippen molar-refractivity contribution in [1.82, 2.24) is 0 Å². The van der Waals surface area contributed by atoms with Gasteiger partial charge in [-0.3, -0.25) is 4.79 Å². The molecule has 0 spiro atoms. The Kier molecular flexibility index (Phi) is 5.47. The Balaban J connectivity index is 1.58. The van der Waals surface area contributed by atoms with Gasteiger partial charge in [0.15, 0.2) is 0 Å². The van der Waals surface area contributed by atoms with Crippen LogP contribution in [0.15, 0.2) is 11.6 Å². The lowest BCUT2D eigenvalue weighted by atomic mass is 9.29. The van der Waals surface area contributed by atoms with Crippen molar-refractivity contribution in [2.24, 2.45) is 49.7 Å². The maximum Gasteiger partial charge on any atom is 0.302 e. The average molecular weight is 483 g/mol. The molecule has 35 heavy (non-hydrogen) atoms. The SMILES string of the molecule is CC(=O)O[C@H]1CC[C@@]2(C)[C@@H](CC[C@]3(C)[C@]2(C)CC=C2[C@@H]4CC(C)(C)CC[C@]4(C)CC[C@]23C)C1(C)C. The molecule has 0 aromatic heterocycles. The molecule has 2 heteroatoms. The van der Waals surface area contributed by atoms with Crippen LogP contribution in [-0.2, 0) is 9.53 Å². The van der Waals surface area contributed by atoms with E-state index in [-0.39, 0.29) is 28.3 Å². The smallest absolute Gasteiger partial charge is 0.302 e. The van der Waals surface area contributed by atoms with Crippen molar-refractivity contribution in [1.29, 1.82) is 0 Å². The topological polar surface area (TPSA) is 26.3 Å². The molecule has 0 heterocycles. The van der Waals surface area contributed by atoms with Crippen molar-refractivity contribution in [3.05, 3.63) is 11.6 Å². The number of fused-ring (bicyclic) bond motifs is 7. The number of allylic oxidation sites excluding steroid dienone is 2. The van der Waals surface area contributed by atoms with Crippen LogP contribution in [0.4, 0.5) is 0 Å². The molecule has 4 fully saturated rings. The van der Waals surface area contributed by atoms with Gasteiger partial charge in [0.2, 0.25) is 0 Å². The first kappa shape index (κ1) is 25.8. The summed E-state index contributed by atoms with van der Waals surface area (Å²) < 4.78 is 5.94. The highest BCUT2D eigenvalue weighted by Crippen LogP contribution is 2.80. The first-order valence-corrected chi connectivity index (χ1v) is 14.8. The highest BCUT2D eigenvalue weighted by Gasteiger charge is 2.72. The molecule has 5 aliphatic carbocycles. The molecule has 0 unspecified atom stereocenters. The van der Waals surface area contributed by atoms with E-state index >= 15 is 0 Å². The number of rotatable bonds is 1. The molecule has 0 N–H and O–H groups in total. The summed E-state index contributed by atoms with van der Waals surface area (Å²) in [4.78, 5) is 11.9. The number of ether oxygens (including phenoxy) is 1. The van der Waals surface area contributed by atoms with Crippen LogP contribution >= 0.6 is 0 Å². The second-order valence-electron chi connectivity index (χ2n) is 16.4. The molecule has 5 rings (SSSR count). The van der Waals surface area contributed by atoms with Crippen LogP contribution in [0.1, 0.15) is 133 Å². The zero-order chi connectivity index (χ0) is 25.9. The van der Waals surface area contributed by atoms with Gasteiger partial charge in [-0.1, -0.05) is 74.0 Å². The Labute approximate surface area is 216 Å². The molecule has 8 atom stereocenters. The molecule has 0 bridgehead atoms. The van der Waals surface area contributed by atoms with Gasteiger partial charge in [0.1, 0.15) is 6.10 Å². The van der Waals surface area contributed by atoms with Gasteiger partial charge in [0, 0.05) is 12.3 Å². The first-order valence-electron chi connectivity index (χ1n) is 14.8. The van der Waals surface area contributed by atoms with Crippen LogP contribution < -0.4 is 0 Å². The number of carbonyl (C=O) groups excluding carboxylic acids is 1. The summed E-state index contributed by atoms with van der Waals surface area (Å²) in [5.74, 6) is 1.23. The van der Waals surface area contributed by atoms with E-state index in [0.717, 1.165) is 12.3 Å². The molecule has 2 nitrogen and oxygen atoms in total. The molecule has 4 saturated carbocycles. The van der Waals surface area contributed by atoms with E-state index in [1.54, 1.807) is 6.92 Å². The fourth-order valence-corrected chi connectivity index (χ4v) is 11.3. The second-order valence-corrected chi connectivity index (χ2v) is 16.4. The van der Waals surface area contributed by atoms with E-state index in [1.165, 1.54) is 57.8 Å². The van der Waals surface area contributed by atoms with Crippen molar-refractivity contribution in [2.45, 2.75) is 140 Å². The summed E-state index contributed by atoms with van der Waals surface area (Å²) in [6, 6.07) is 0. The van der Waals surface area contributed by atoms with Crippen molar-refractivity contribution >= 4 is 5.97 Å². The van der Waals surface area contributed by atoms with Crippen LogP contribution in [0, 0.1) is 49.7 Å². The molecule has 0 saturated heterocycles. The third-order valence-electron chi connectivity index (χ3n) is 14.3. The number of hydrogen-bond donors (Lipinski definition) is 0. The van der Waals surface area contributed by atoms with Gasteiger partial charge in [0.25, 0.3) is 0 Å². The lowest BCUT2D eigenvalue weighted by Crippen LogP contribution is -2.69. The Hall–Kier alpha value is -0.790. The van der Waals surface area contributed by atoms with Crippen molar-refractivity contribution in [3.63, 3.8) is 0 Å². The number of carbonyl (C=O) groups is 1. The van der Waals surface area contributed by atoms with Gasteiger partial charge in [-0.2, -0.15) is 0 Å². The zero-order valence-corrected chi connectivity index (χ0v) is 24.7. The molecule has 0 aromatic carbocycles. The van der Waals surface area contributed by atoms with Gasteiger partial charge in [-0.15, -0.1) is 0 Å². The molecule has 0 radical (unpaired) electrons. The van der Waals surface area contributed by atoms with Crippen LogP contribution in [0.25, 0.3) is 0 Å². The quantitative estimate of drug-likeness (QED) is 0.275.